The molecule has 2 fully saturated rings. The molecule has 0 aliphatic carbocycles. The van der Waals surface area contributed by atoms with Gasteiger partial charge in [0.1, 0.15) is 11.4 Å². The molecule has 2 amide bonds. The Morgan fingerprint density at radius 1 is 0.944 bits per heavy atom. The van der Waals surface area contributed by atoms with Crippen molar-refractivity contribution in [2.24, 2.45) is 0 Å². The number of benzene rings is 3. The maximum atomic E-state index is 13.4. The molecule has 0 aromatic heterocycles. The van der Waals surface area contributed by atoms with Crippen LogP contribution in [0.5, 0.6) is 0 Å². The number of hydrogen-bond donors (Lipinski definition) is 2. The largest absolute Gasteiger partial charge is 0.451 e. The van der Waals surface area contributed by atoms with Crippen molar-refractivity contribution >= 4 is 29.5 Å². The lowest BCUT2D eigenvalue weighted by Crippen LogP contribution is -2.76. The first-order chi connectivity index (χ1) is 17.5. The molecule has 2 saturated heterocycles. The highest BCUT2D eigenvalue weighted by Gasteiger charge is 2.58. The van der Waals surface area contributed by atoms with Crippen molar-refractivity contribution in [1.29, 1.82) is 0 Å². The molecule has 2 aliphatic rings. The molecular formula is C28H26N2O5S. The van der Waals surface area contributed by atoms with Gasteiger partial charge < -0.3 is 20.1 Å². The van der Waals surface area contributed by atoms with Crippen LogP contribution in [0.3, 0.4) is 0 Å². The van der Waals surface area contributed by atoms with Gasteiger partial charge in [-0.25, -0.2) is 4.79 Å². The van der Waals surface area contributed by atoms with Crippen LogP contribution in [0.1, 0.15) is 22.8 Å². The molecule has 184 valence electrons. The van der Waals surface area contributed by atoms with Gasteiger partial charge in [-0.15, -0.1) is 11.8 Å². The molecule has 0 spiro atoms. The predicted octanol–water partition coefficient (Wildman–Crippen LogP) is 2.69. The minimum atomic E-state index is -1.14. The average molecular weight is 503 g/mol. The lowest BCUT2D eigenvalue weighted by molar-refractivity contribution is -0.173. The first kappa shape index (κ1) is 24.1. The van der Waals surface area contributed by atoms with Gasteiger partial charge in [0, 0.05) is 5.75 Å². The molecular weight excluding hydrogens is 476 g/mol. The molecule has 0 saturated carbocycles. The predicted molar refractivity (Wildman–Crippen MR) is 136 cm³/mol. The fraction of sp³-hybridized carbons (Fsp3) is 0.250. The van der Waals surface area contributed by atoms with Gasteiger partial charge in [-0.1, -0.05) is 91.0 Å². The molecule has 7 nitrogen and oxygen atoms in total. The molecule has 8 heteroatoms. The third kappa shape index (κ3) is 4.87. The topological polar surface area (TPSA) is 95.9 Å². The van der Waals surface area contributed by atoms with E-state index in [4.69, 9.17) is 4.74 Å². The van der Waals surface area contributed by atoms with E-state index in [2.05, 4.69) is 5.32 Å². The number of ether oxygens (including phenoxy) is 1. The second-order valence-corrected chi connectivity index (χ2v) is 9.98. The summed E-state index contributed by atoms with van der Waals surface area (Å²) in [6.45, 7) is 0. The summed E-state index contributed by atoms with van der Waals surface area (Å²) in [6, 6.07) is 26.1. The number of nitrogens with one attached hydrogen (secondary N) is 1. The van der Waals surface area contributed by atoms with Crippen molar-refractivity contribution < 1.29 is 24.2 Å². The summed E-state index contributed by atoms with van der Waals surface area (Å²) >= 11 is 1.35. The van der Waals surface area contributed by atoms with Crippen molar-refractivity contribution in [3.63, 3.8) is 0 Å². The number of amides is 2. The Hall–Kier alpha value is -3.62. The lowest BCUT2D eigenvalue weighted by atomic mass is 9.98. The summed E-state index contributed by atoms with van der Waals surface area (Å²) in [5.41, 5.74) is 2.42. The molecule has 3 aromatic carbocycles. The molecule has 3 aromatic rings. The summed E-state index contributed by atoms with van der Waals surface area (Å²) in [7, 11) is 0. The van der Waals surface area contributed by atoms with Gasteiger partial charge in [0.2, 0.25) is 11.8 Å². The molecule has 0 unspecified atom stereocenters. The van der Waals surface area contributed by atoms with Crippen molar-refractivity contribution in [3.05, 3.63) is 108 Å². The molecule has 5 rings (SSSR count). The lowest BCUT2D eigenvalue weighted by Gasteiger charge is -2.53. The van der Waals surface area contributed by atoms with Crippen LogP contribution in [-0.2, 0) is 25.5 Å². The van der Waals surface area contributed by atoms with Crippen LogP contribution in [0, 0.1) is 0 Å². The second-order valence-electron chi connectivity index (χ2n) is 8.83. The van der Waals surface area contributed by atoms with E-state index >= 15 is 0 Å². The van der Waals surface area contributed by atoms with Gasteiger partial charge >= 0.3 is 5.97 Å². The number of fused-ring (bicyclic) bond motifs is 1. The third-order valence-electron chi connectivity index (χ3n) is 6.39. The normalized spacial score (nSPS) is 22.9. The van der Waals surface area contributed by atoms with E-state index in [0.29, 0.717) is 0 Å². The van der Waals surface area contributed by atoms with E-state index in [1.165, 1.54) is 16.7 Å². The average Bonchev–Trinajstić information content (AvgIpc) is 2.91. The van der Waals surface area contributed by atoms with Gasteiger partial charge in [0.25, 0.3) is 0 Å². The number of nitrogens with zero attached hydrogens (tertiary/aromatic N) is 1. The van der Waals surface area contributed by atoms with Crippen molar-refractivity contribution in [1.82, 2.24) is 10.2 Å². The number of aliphatic hydroxyl groups excluding tert-OH is 1. The molecule has 4 atom stereocenters. The molecule has 2 N–H and O–H groups in total. The molecule has 36 heavy (non-hydrogen) atoms. The molecule has 0 bridgehead atoms. The van der Waals surface area contributed by atoms with E-state index in [0.717, 1.165) is 16.7 Å². The first-order valence-corrected chi connectivity index (χ1v) is 12.8. The summed E-state index contributed by atoms with van der Waals surface area (Å²) < 4.78 is 5.94. The van der Waals surface area contributed by atoms with Gasteiger partial charge in [0.05, 0.1) is 12.5 Å². The van der Waals surface area contributed by atoms with Crippen LogP contribution in [0.4, 0.5) is 0 Å². The van der Waals surface area contributed by atoms with Gasteiger partial charge in [-0.05, 0) is 16.7 Å². The molecule has 0 radical (unpaired) electrons. The van der Waals surface area contributed by atoms with Crippen LogP contribution >= 0.6 is 11.8 Å². The maximum Gasteiger partial charge on any atom is 0.332 e. The zero-order chi connectivity index (χ0) is 25.1. The van der Waals surface area contributed by atoms with Crippen LogP contribution < -0.4 is 5.32 Å². The zero-order valence-corrected chi connectivity index (χ0v) is 20.2. The summed E-state index contributed by atoms with van der Waals surface area (Å²) in [6.07, 6.45) is -1.60. The number of thioether (sulfide) groups is 1. The Kier molecular flexibility index (Phi) is 7.06. The highest BCUT2D eigenvalue weighted by molar-refractivity contribution is 8.00. The minimum Gasteiger partial charge on any atom is -0.451 e. The summed E-state index contributed by atoms with van der Waals surface area (Å²) in [4.78, 5) is 40.3. The second kappa shape index (κ2) is 10.6. The quantitative estimate of drug-likeness (QED) is 0.381. The van der Waals surface area contributed by atoms with E-state index < -0.39 is 41.5 Å². The SMILES string of the molecule is O=C(Cc1ccccc1)N[C@@H]1C(=O)N2[C@H]1SC[C@H](O)[C@@H]2C(=O)OC(c1ccccc1)c1ccccc1. The van der Waals surface area contributed by atoms with Gasteiger partial charge in [-0.3, -0.25) is 9.59 Å². The fourth-order valence-corrected chi connectivity index (χ4v) is 5.96. The highest BCUT2D eigenvalue weighted by Crippen LogP contribution is 2.39. The van der Waals surface area contributed by atoms with E-state index in [9.17, 15) is 19.5 Å². The Bertz CT molecular complexity index is 1180. The van der Waals surface area contributed by atoms with Crippen LogP contribution in [0.15, 0.2) is 91.0 Å². The van der Waals surface area contributed by atoms with E-state index in [-0.39, 0.29) is 18.1 Å². The Balaban J connectivity index is 1.30. The number of aliphatic hydroxyl groups is 1. The zero-order valence-electron chi connectivity index (χ0n) is 19.4. The van der Waals surface area contributed by atoms with Crippen molar-refractivity contribution in [2.75, 3.05) is 5.75 Å². The third-order valence-corrected chi connectivity index (χ3v) is 7.76. The Morgan fingerprint density at radius 2 is 1.50 bits per heavy atom. The monoisotopic (exact) mass is 502 g/mol. The highest BCUT2D eigenvalue weighted by atomic mass is 32.2. The Labute approximate surface area is 213 Å². The number of hydrogen-bond acceptors (Lipinski definition) is 6. The van der Waals surface area contributed by atoms with E-state index in [1.54, 1.807) is 0 Å². The first-order valence-electron chi connectivity index (χ1n) is 11.8. The van der Waals surface area contributed by atoms with E-state index in [1.807, 2.05) is 91.0 Å². The van der Waals surface area contributed by atoms with Crippen molar-refractivity contribution in [3.8, 4) is 0 Å². The maximum absolute atomic E-state index is 13.4. The van der Waals surface area contributed by atoms with Gasteiger partial charge in [0.15, 0.2) is 12.1 Å². The van der Waals surface area contributed by atoms with Gasteiger partial charge in [-0.2, -0.15) is 0 Å². The van der Waals surface area contributed by atoms with Crippen LogP contribution in [0.2, 0.25) is 0 Å². The molecule has 2 heterocycles. The number of β-lactam (4-membered cyclic amide) rings is 1. The summed E-state index contributed by atoms with van der Waals surface area (Å²) in [5.74, 6) is -1.09. The number of esters is 1. The Morgan fingerprint density at radius 3 is 2.08 bits per heavy atom. The van der Waals surface area contributed by atoms with Crippen LogP contribution in [-0.4, -0.2) is 57.1 Å². The minimum absolute atomic E-state index is 0.159. The standard InChI is InChI=1S/C28H26N2O5S/c31-21-17-36-27-23(29-22(32)16-18-10-4-1-5-11-18)26(33)30(27)24(21)28(34)35-25(19-12-6-2-7-13-19)20-14-8-3-9-15-20/h1-15,21,23-25,27,31H,16-17H2,(H,29,32)/t21-,23+,24+,27-/m0/s1. The van der Waals surface area contributed by atoms with Crippen LogP contribution in [0.25, 0.3) is 0 Å². The number of carbonyl (C=O) groups excluding carboxylic acids is 3. The number of carbonyl (C=O) groups is 3. The molecule has 2 aliphatic heterocycles. The fourth-order valence-electron chi connectivity index (χ4n) is 4.61. The summed E-state index contributed by atoms with van der Waals surface area (Å²) in [5, 5.41) is 13.0. The van der Waals surface area contributed by atoms with Crippen molar-refractivity contribution in [2.45, 2.75) is 36.1 Å². The smallest absolute Gasteiger partial charge is 0.332 e. The number of rotatable bonds is 7.